The largest absolute Gasteiger partial charge is 0.488 e. The van der Waals surface area contributed by atoms with E-state index in [1.807, 2.05) is 6.92 Å². The maximum atomic E-state index is 13.5. The third-order valence-corrected chi connectivity index (χ3v) is 10.8. The summed E-state index contributed by atoms with van der Waals surface area (Å²) in [5, 5.41) is 60.1. The first kappa shape index (κ1) is 60.9. The molecule has 390 valence electrons. The van der Waals surface area contributed by atoms with Crippen molar-refractivity contribution in [1.29, 1.82) is 0 Å². The van der Waals surface area contributed by atoms with Crippen molar-refractivity contribution in [2.75, 3.05) is 105 Å². The van der Waals surface area contributed by atoms with Gasteiger partial charge in [-0.2, -0.15) is 13.2 Å². The van der Waals surface area contributed by atoms with Crippen molar-refractivity contribution in [3.8, 4) is 0 Å². The number of aliphatic carboxylic acids is 1. The van der Waals surface area contributed by atoms with Crippen LogP contribution in [0.1, 0.15) is 42.1 Å². The molecule has 1 atom stereocenters. The van der Waals surface area contributed by atoms with E-state index >= 15 is 0 Å². The zero-order valence-corrected chi connectivity index (χ0v) is 38.9. The van der Waals surface area contributed by atoms with Crippen LogP contribution in [0.15, 0.2) is 46.2 Å². The van der Waals surface area contributed by atoms with Crippen LogP contribution >= 0.6 is 0 Å². The highest BCUT2D eigenvalue weighted by Crippen LogP contribution is 2.31. The molecule has 0 aliphatic rings. The first-order chi connectivity index (χ1) is 33.1. The molecular formula is C40H58B2F3N5O19S. The molecule has 0 saturated carbocycles. The highest BCUT2D eigenvalue weighted by Gasteiger charge is 2.35. The number of amides is 5. The molecule has 2 aromatic rings. The number of unbranched alkanes of at least 4 members (excludes halogenated alkanes) is 1. The van der Waals surface area contributed by atoms with Gasteiger partial charge in [0.05, 0.1) is 74.8 Å². The predicted molar refractivity (Wildman–Crippen MR) is 238 cm³/mol. The molecule has 0 bridgehead atoms. The lowest BCUT2D eigenvalue weighted by Crippen LogP contribution is -2.42. The lowest BCUT2D eigenvalue weighted by molar-refractivity contribution is -0.143. The van der Waals surface area contributed by atoms with Crippen molar-refractivity contribution in [2.45, 2.75) is 48.2 Å². The van der Waals surface area contributed by atoms with Gasteiger partial charge in [-0.05, 0) is 67.4 Å². The molecule has 0 aliphatic heterocycles. The van der Waals surface area contributed by atoms with Crippen LogP contribution in [0, 0.1) is 0 Å². The number of rotatable bonds is 36. The van der Waals surface area contributed by atoms with Crippen molar-refractivity contribution in [2.24, 2.45) is 0 Å². The van der Waals surface area contributed by atoms with Crippen LogP contribution in [0.25, 0.3) is 0 Å². The third kappa shape index (κ3) is 24.5. The highest BCUT2D eigenvalue weighted by atomic mass is 32.2. The van der Waals surface area contributed by atoms with Crippen LogP contribution in [0.3, 0.4) is 0 Å². The Morgan fingerprint density at radius 1 is 0.600 bits per heavy atom. The number of carboxylic acids is 1. The van der Waals surface area contributed by atoms with Crippen molar-refractivity contribution >= 4 is 70.5 Å². The van der Waals surface area contributed by atoms with Gasteiger partial charge in [0.1, 0.15) is 25.9 Å². The molecule has 24 nitrogen and oxygen atoms in total. The van der Waals surface area contributed by atoms with Gasteiger partial charge in [0.2, 0.25) is 33.5 Å². The second-order valence-corrected chi connectivity index (χ2v) is 16.5. The van der Waals surface area contributed by atoms with E-state index < -0.39 is 105 Å². The van der Waals surface area contributed by atoms with Gasteiger partial charge in [0, 0.05) is 31.8 Å². The lowest BCUT2D eigenvalue weighted by atomic mass is 9.79. The molecule has 0 unspecified atom stereocenters. The van der Waals surface area contributed by atoms with Crippen LogP contribution in [0.2, 0.25) is 0 Å². The Morgan fingerprint density at radius 2 is 1.09 bits per heavy atom. The first-order valence-corrected chi connectivity index (χ1v) is 23.0. The van der Waals surface area contributed by atoms with Crippen LogP contribution in [0.5, 0.6) is 0 Å². The Morgan fingerprint density at radius 3 is 1.60 bits per heavy atom. The number of alkyl halides is 3. The van der Waals surface area contributed by atoms with Gasteiger partial charge in [-0.1, -0.05) is 6.07 Å². The minimum atomic E-state index is -5.10. The molecule has 2 rings (SSSR count). The number of ether oxygens (including phenoxy) is 6. The van der Waals surface area contributed by atoms with Crippen molar-refractivity contribution in [3.63, 3.8) is 0 Å². The molecule has 0 heterocycles. The van der Waals surface area contributed by atoms with Gasteiger partial charge >= 0.3 is 26.4 Å². The number of sulfone groups is 1. The number of nitrogens with one attached hydrogen (secondary N) is 5. The topological polar surface area (TPSA) is 353 Å². The molecule has 0 aromatic heterocycles. The number of hydrogen-bond donors (Lipinski definition) is 10. The van der Waals surface area contributed by atoms with Gasteiger partial charge in [-0.15, -0.1) is 0 Å². The summed E-state index contributed by atoms with van der Waals surface area (Å²) in [6.45, 7) is 2.97. The minimum absolute atomic E-state index is 0.000629. The van der Waals surface area contributed by atoms with Gasteiger partial charge in [-0.3, -0.25) is 24.0 Å². The maximum Gasteiger partial charge on any atom is 0.488 e. The lowest BCUT2D eigenvalue weighted by Gasteiger charge is -2.15. The molecular weight excluding hydrogens is 965 g/mol. The molecule has 2 aromatic carbocycles. The van der Waals surface area contributed by atoms with E-state index in [2.05, 4.69) is 26.6 Å². The number of carboxylic acid groups (broad SMARTS) is 1. The van der Waals surface area contributed by atoms with E-state index in [-0.39, 0.29) is 110 Å². The molecule has 30 heteroatoms. The van der Waals surface area contributed by atoms with Crippen molar-refractivity contribution < 1.29 is 104 Å². The molecule has 0 fully saturated rings. The number of hydrogen-bond acceptors (Lipinski definition) is 18. The summed E-state index contributed by atoms with van der Waals surface area (Å²) in [6.07, 6.45) is -4.69. The molecule has 5 amide bonds. The Bertz CT molecular complexity index is 2110. The second kappa shape index (κ2) is 32.6. The van der Waals surface area contributed by atoms with Crippen molar-refractivity contribution in [1.82, 2.24) is 26.6 Å². The summed E-state index contributed by atoms with van der Waals surface area (Å²) < 4.78 is 98.7. The van der Waals surface area contributed by atoms with E-state index in [0.29, 0.717) is 44.1 Å². The van der Waals surface area contributed by atoms with Gasteiger partial charge in [-0.25, -0.2) is 13.2 Å². The third-order valence-electron chi connectivity index (χ3n) is 9.11. The van der Waals surface area contributed by atoms with E-state index in [1.54, 1.807) is 0 Å². The van der Waals surface area contributed by atoms with E-state index in [4.69, 9.17) is 28.4 Å². The van der Waals surface area contributed by atoms with Gasteiger partial charge in [0.15, 0.2) is 0 Å². The summed E-state index contributed by atoms with van der Waals surface area (Å²) in [4.78, 5) is 70.9. The monoisotopic (exact) mass is 1020 g/mol. The molecule has 0 spiro atoms. The molecule has 0 radical (unpaired) electrons. The zero-order valence-electron chi connectivity index (χ0n) is 38.1. The van der Waals surface area contributed by atoms with E-state index in [9.17, 15) is 75.6 Å². The number of halogens is 3. The molecule has 0 aliphatic carbocycles. The predicted octanol–water partition coefficient (Wildman–Crippen LogP) is -4.16. The van der Waals surface area contributed by atoms with Crippen LogP contribution < -0.4 is 37.5 Å². The average Bonchev–Trinajstić information content (AvgIpc) is 3.31. The summed E-state index contributed by atoms with van der Waals surface area (Å²) in [5.74, 6) is -4.55. The van der Waals surface area contributed by atoms with E-state index in [1.165, 1.54) is 0 Å². The SMILES string of the molecule is CCOCCOCC(=O)NCCOCCOCC(=O)NCCOCCOCC(=O)N[C@@H](CCCCNC(=O)CNC(=O)c1cc(B(O)O)cc(S(=O)(=O)c2cc(B(O)O)cc(C(F)(F)F)c2)c1)C(=O)O. The Kier molecular flexibility index (Phi) is 28.3. The Hall–Kier alpha value is -5.27. The molecule has 0 saturated heterocycles. The normalized spacial score (nSPS) is 11.9. The fourth-order valence-corrected chi connectivity index (χ4v) is 7.05. The smallest absolute Gasteiger partial charge is 0.480 e. The highest BCUT2D eigenvalue weighted by molar-refractivity contribution is 7.91. The summed E-state index contributed by atoms with van der Waals surface area (Å²) in [7, 11) is -9.82. The second-order valence-electron chi connectivity index (χ2n) is 14.6. The van der Waals surface area contributed by atoms with Gasteiger partial charge in [0.25, 0.3) is 5.91 Å². The molecule has 10 N–H and O–H groups in total. The number of carbonyl (C=O) groups excluding carboxylic acids is 5. The van der Waals surface area contributed by atoms with Crippen molar-refractivity contribution in [3.05, 3.63) is 47.5 Å². The Balaban J connectivity index is 1.63. The Labute approximate surface area is 401 Å². The number of carbonyl (C=O) groups is 6. The standard InChI is InChI=1S/C40H58B2F3N5O19S/c1-2-64-11-14-67-24-35(52)47-7-9-65-12-15-68-25-36(53)48-8-10-66-13-16-69-26-37(54)50-33(39(56)57)5-3-4-6-46-34(51)23-49-38(55)27-17-29(41(58)59)21-31(18-27)70(62,63)32-20-28(40(43,44)45)19-30(22-32)42(60)61/h17-22,33,58-61H,2-16,23-26H2,1H3,(H,46,51)(H,47,52)(H,48,53)(H,49,55)(H,50,54)(H,56,57)/t33-/m0/s1. The van der Waals surface area contributed by atoms with Crippen LogP contribution in [-0.2, 0) is 68.4 Å². The summed E-state index contributed by atoms with van der Waals surface area (Å²) >= 11 is 0. The zero-order chi connectivity index (χ0) is 52.1. The van der Waals surface area contributed by atoms with Crippen LogP contribution in [0.4, 0.5) is 13.2 Å². The van der Waals surface area contributed by atoms with Crippen LogP contribution in [-0.4, -0.2) is 195 Å². The number of benzene rings is 2. The fourth-order valence-electron chi connectivity index (χ4n) is 5.63. The first-order valence-electron chi connectivity index (χ1n) is 21.6. The summed E-state index contributed by atoms with van der Waals surface area (Å²) in [5.41, 5.74) is -3.46. The maximum absolute atomic E-state index is 13.5. The summed E-state index contributed by atoms with van der Waals surface area (Å²) in [6, 6.07) is 2.05. The van der Waals surface area contributed by atoms with Gasteiger partial charge < -0.3 is 80.2 Å². The fraction of sp³-hybridized carbons (Fsp3) is 0.550. The van der Waals surface area contributed by atoms with E-state index in [0.717, 1.165) is 6.07 Å². The quantitative estimate of drug-likeness (QED) is 0.0229. The molecule has 70 heavy (non-hydrogen) atoms. The average molecular weight is 1020 g/mol. The minimum Gasteiger partial charge on any atom is -0.480 e.